The van der Waals surface area contributed by atoms with E-state index in [0.717, 1.165) is 37.7 Å². The van der Waals surface area contributed by atoms with Gasteiger partial charge in [-0.15, -0.1) is 0 Å². The van der Waals surface area contributed by atoms with E-state index in [4.69, 9.17) is 17.3 Å². The second kappa shape index (κ2) is 6.14. The summed E-state index contributed by atoms with van der Waals surface area (Å²) in [4.78, 5) is 14.7. The van der Waals surface area contributed by atoms with Crippen LogP contribution in [0.2, 0.25) is 5.02 Å². The maximum Gasteiger partial charge on any atom is 0.240 e. The predicted octanol–water partition coefficient (Wildman–Crippen LogP) is 3.41. The van der Waals surface area contributed by atoms with Crippen LogP contribution in [0.4, 0.5) is 0 Å². The molecule has 1 aromatic rings. The van der Waals surface area contributed by atoms with Gasteiger partial charge in [-0.3, -0.25) is 4.79 Å². The van der Waals surface area contributed by atoms with Gasteiger partial charge in [0.1, 0.15) is 0 Å². The first-order valence-electron chi connectivity index (χ1n) is 8.23. The number of rotatable bonds is 3. The molecule has 1 aromatic carbocycles. The summed E-state index contributed by atoms with van der Waals surface area (Å²) >= 11 is 6.12. The van der Waals surface area contributed by atoms with E-state index in [1.54, 1.807) is 6.92 Å². The first-order valence-corrected chi connectivity index (χ1v) is 8.61. The normalized spacial score (nSPS) is 27.1. The van der Waals surface area contributed by atoms with Crippen LogP contribution in [-0.4, -0.2) is 22.9 Å². The molecule has 1 unspecified atom stereocenters. The molecule has 2 fully saturated rings. The lowest BCUT2D eigenvalue weighted by atomic mass is 9.64. The molecule has 0 radical (unpaired) electrons. The highest BCUT2D eigenvalue weighted by Crippen LogP contribution is 2.52. The molecule has 3 rings (SSSR count). The molecule has 122 valence electrons. The van der Waals surface area contributed by atoms with Crippen molar-refractivity contribution in [3.8, 4) is 6.07 Å². The highest BCUT2D eigenvalue weighted by atomic mass is 35.5. The third-order valence-corrected chi connectivity index (χ3v) is 5.60. The Bertz CT molecular complexity index is 648. The number of nitriles is 1. The van der Waals surface area contributed by atoms with Crippen LogP contribution in [0.25, 0.3) is 0 Å². The number of amides is 1. The molecule has 0 aromatic heterocycles. The van der Waals surface area contributed by atoms with Crippen molar-refractivity contribution in [3.05, 3.63) is 34.9 Å². The molecule has 23 heavy (non-hydrogen) atoms. The van der Waals surface area contributed by atoms with Crippen LogP contribution in [0.1, 0.15) is 50.6 Å². The second-order valence-electron chi connectivity index (χ2n) is 6.82. The van der Waals surface area contributed by atoms with Gasteiger partial charge in [-0.2, -0.15) is 5.26 Å². The zero-order valence-corrected chi connectivity index (χ0v) is 14.1. The van der Waals surface area contributed by atoms with Crippen molar-refractivity contribution in [2.75, 3.05) is 0 Å². The first kappa shape index (κ1) is 16.3. The van der Waals surface area contributed by atoms with E-state index in [9.17, 15) is 10.1 Å². The smallest absolute Gasteiger partial charge is 0.240 e. The van der Waals surface area contributed by atoms with Gasteiger partial charge in [-0.05, 0) is 50.3 Å². The highest BCUT2D eigenvalue weighted by molar-refractivity contribution is 6.30. The monoisotopic (exact) mass is 331 g/mol. The van der Waals surface area contributed by atoms with Gasteiger partial charge in [0, 0.05) is 5.02 Å². The summed E-state index contributed by atoms with van der Waals surface area (Å²) in [7, 11) is 0. The van der Waals surface area contributed by atoms with Crippen LogP contribution in [0.3, 0.4) is 0 Å². The van der Waals surface area contributed by atoms with Gasteiger partial charge in [0.25, 0.3) is 0 Å². The van der Waals surface area contributed by atoms with E-state index in [1.165, 1.54) is 0 Å². The van der Waals surface area contributed by atoms with Gasteiger partial charge >= 0.3 is 0 Å². The van der Waals surface area contributed by atoms with Gasteiger partial charge in [0.05, 0.1) is 29.6 Å². The zero-order valence-electron chi connectivity index (χ0n) is 13.3. The maximum atomic E-state index is 12.8. The lowest BCUT2D eigenvalue weighted by molar-refractivity contribution is -0.138. The summed E-state index contributed by atoms with van der Waals surface area (Å²) < 4.78 is 0. The minimum absolute atomic E-state index is 0.0382. The number of hydrogen-bond acceptors (Lipinski definition) is 3. The zero-order chi connectivity index (χ0) is 16.6. The van der Waals surface area contributed by atoms with Crippen molar-refractivity contribution < 1.29 is 4.79 Å². The number of carbonyl (C=O) groups excluding carboxylic acids is 1. The fraction of sp³-hybridized carbons (Fsp3) is 0.556. The Kier molecular flexibility index (Phi) is 4.35. The largest absolute Gasteiger partial charge is 0.330 e. The van der Waals surface area contributed by atoms with Gasteiger partial charge in [0.2, 0.25) is 5.91 Å². The number of nitrogens with two attached hydrogens (primary N) is 1. The molecule has 0 spiro atoms. The standard InChI is InChI=1S/C18H22ClN3O/c1-12(21)17(23)22-15(13-4-2-5-14(19)10-13)6-7-16(22)18(11-20)8-3-9-18/h2,4-5,10,12,15-16H,3,6-9,21H2,1H3/t12?,15-,16+/m0/s1. The van der Waals surface area contributed by atoms with E-state index in [1.807, 2.05) is 29.2 Å². The minimum Gasteiger partial charge on any atom is -0.330 e. The molecule has 3 atom stereocenters. The van der Waals surface area contributed by atoms with Crippen LogP contribution in [0.15, 0.2) is 24.3 Å². The average Bonchev–Trinajstić information content (AvgIpc) is 2.91. The first-order chi connectivity index (χ1) is 11.0. The van der Waals surface area contributed by atoms with Crippen LogP contribution < -0.4 is 5.73 Å². The van der Waals surface area contributed by atoms with Crippen molar-refractivity contribution in [3.63, 3.8) is 0 Å². The third kappa shape index (κ3) is 2.73. The Hall–Kier alpha value is -1.57. The van der Waals surface area contributed by atoms with E-state index in [-0.39, 0.29) is 18.0 Å². The molecular formula is C18H22ClN3O. The molecule has 1 aliphatic carbocycles. The van der Waals surface area contributed by atoms with E-state index in [0.29, 0.717) is 5.02 Å². The number of nitrogens with zero attached hydrogens (tertiary/aromatic N) is 2. The van der Waals surface area contributed by atoms with E-state index < -0.39 is 11.5 Å². The Labute approximate surface area is 142 Å². The summed E-state index contributed by atoms with van der Waals surface area (Å²) in [5, 5.41) is 10.4. The second-order valence-corrected chi connectivity index (χ2v) is 7.26. The van der Waals surface area contributed by atoms with Crippen LogP contribution in [0, 0.1) is 16.7 Å². The lowest BCUT2D eigenvalue weighted by Crippen LogP contribution is -2.53. The van der Waals surface area contributed by atoms with Crippen molar-refractivity contribution >= 4 is 17.5 Å². The Balaban J connectivity index is 1.97. The Morgan fingerprint density at radius 1 is 1.48 bits per heavy atom. The average molecular weight is 332 g/mol. The van der Waals surface area contributed by atoms with Crippen molar-refractivity contribution in [1.29, 1.82) is 5.26 Å². The summed E-state index contributed by atoms with van der Waals surface area (Å²) in [5.41, 5.74) is 6.53. The highest BCUT2D eigenvalue weighted by Gasteiger charge is 2.53. The van der Waals surface area contributed by atoms with Crippen molar-refractivity contribution in [1.82, 2.24) is 4.90 Å². The molecule has 2 N–H and O–H groups in total. The molecule has 1 saturated heterocycles. The topological polar surface area (TPSA) is 70.1 Å². The van der Waals surface area contributed by atoms with Crippen molar-refractivity contribution in [2.24, 2.45) is 11.1 Å². The van der Waals surface area contributed by atoms with Crippen LogP contribution >= 0.6 is 11.6 Å². The van der Waals surface area contributed by atoms with Crippen LogP contribution in [-0.2, 0) is 4.79 Å². The lowest BCUT2D eigenvalue weighted by Gasteiger charge is -2.46. The summed E-state index contributed by atoms with van der Waals surface area (Å²) in [5.74, 6) is -0.0704. The minimum atomic E-state index is -0.562. The number of hydrogen-bond donors (Lipinski definition) is 1. The molecule has 1 heterocycles. The summed E-state index contributed by atoms with van der Waals surface area (Å²) in [6, 6.07) is 9.51. The van der Waals surface area contributed by atoms with Gasteiger partial charge < -0.3 is 10.6 Å². The molecule has 1 amide bonds. The molecule has 2 aliphatic rings. The SMILES string of the molecule is CC(N)C(=O)N1[C@H](c2cccc(Cl)c2)CC[C@@H]1C1(C#N)CCC1. The number of carbonyl (C=O) groups is 1. The van der Waals surface area contributed by atoms with E-state index in [2.05, 4.69) is 6.07 Å². The number of halogens is 1. The summed E-state index contributed by atoms with van der Waals surface area (Å²) in [6.07, 6.45) is 4.51. The fourth-order valence-corrected chi connectivity index (χ4v) is 4.21. The molecule has 1 aliphatic heterocycles. The Morgan fingerprint density at radius 2 is 2.22 bits per heavy atom. The summed E-state index contributed by atoms with van der Waals surface area (Å²) in [6.45, 7) is 1.71. The maximum absolute atomic E-state index is 12.8. The molecule has 0 bridgehead atoms. The van der Waals surface area contributed by atoms with E-state index >= 15 is 0 Å². The number of benzene rings is 1. The van der Waals surface area contributed by atoms with Gasteiger partial charge in [-0.25, -0.2) is 0 Å². The van der Waals surface area contributed by atoms with Crippen LogP contribution in [0.5, 0.6) is 0 Å². The molecule has 5 heteroatoms. The Morgan fingerprint density at radius 3 is 2.74 bits per heavy atom. The van der Waals surface area contributed by atoms with Gasteiger partial charge in [0.15, 0.2) is 0 Å². The van der Waals surface area contributed by atoms with Crippen molar-refractivity contribution in [2.45, 2.75) is 57.2 Å². The molecular weight excluding hydrogens is 310 g/mol. The molecule has 1 saturated carbocycles. The fourth-order valence-electron chi connectivity index (χ4n) is 4.01. The van der Waals surface area contributed by atoms with Gasteiger partial charge in [-0.1, -0.05) is 30.2 Å². The number of likely N-dealkylation sites (tertiary alicyclic amines) is 1. The third-order valence-electron chi connectivity index (χ3n) is 5.37. The quantitative estimate of drug-likeness (QED) is 0.922. The molecule has 4 nitrogen and oxygen atoms in total. The predicted molar refractivity (Wildman–Crippen MR) is 89.6 cm³/mol.